The van der Waals surface area contributed by atoms with Crippen LogP contribution in [0.25, 0.3) is 0 Å². The van der Waals surface area contributed by atoms with E-state index in [4.69, 9.17) is 9.84 Å². The lowest BCUT2D eigenvalue weighted by atomic mass is 10.2. The number of carbonyl (C=O) groups excluding carboxylic acids is 1. The van der Waals surface area contributed by atoms with Gasteiger partial charge in [-0.25, -0.2) is 4.79 Å². The molecule has 9 heteroatoms. The molecule has 0 spiro atoms. The summed E-state index contributed by atoms with van der Waals surface area (Å²) >= 11 is 0. The standard InChI is InChI=1S/C12H19F3N2O4/c1-2-3-17(8-12(13,14)15)11(20)16-4-5-21-9(7-16)6-10(18)19/h9H,2-8H2,1H3,(H,18,19). The molecule has 0 saturated carbocycles. The minimum atomic E-state index is -4.46. The summed E-state index contributed by atoms with van der Waals surface area (Å²) in [4.78, 5) is 24.7. The molecule has 0 radical (unpaired) electrons. The second-order valence-electron chi connectivity index (χ2n) is 4.86. The normalized spacial score (nSPS) is 19.4. The third-order valence-electron chi connectivity index (χ3n) is 2.95. The molecular formula is C12H19F3N2O4. The van der Waals surface area contributed by atoms with E-state index in [1.807, 2.05) is 0 Å². The smallest absolute Gasteiger partial charge is 0.406 e. The van der Waals surface area contributed by atoms with E-state index in [1.54, 1.807) is 6.92 Å². The summed E-state index contributed by atoms with van der Waals surface area (Å²) in [6.45, 7) is 0.648. The SMILES string of the molecule is CCCN(CC(F)(F)F)C(=O)N1CCOC(CC(=O)O)C1. The fraction of sp³-hybridized carbons (Fsp3) is 0.833. The van der Waals surface area contributed by atoms with E-state index in [-0.39, 0.29) is 32.7 Å². The average molecular weight is 312 g/mol. The van der Waals surface area contributed by atoms with Crippen LogP contribution in [-0.2, 0) is 9.53 Å². The van der Waals surface area contributed by atoms with E-state index in [0.29, 0.717) is 6.42 Å². The first-order valence-corrected chi connectivity index (χ1v) is 6.67. The molecule has 1 unspecified atom stereocenters. The highest BCUT2D eigenvalue weighted by Gasteiger charge is 2.35. The highest BCUT2D eigenvalue weighted by molar-refractivity contribution is 5.75. The van der Waals surface area contributed by atoms with Gasteiger partial charge in [0, 0.05) is 19.6 Å². The predicted octanol–water partition coefficient (Wildman–Crippen LogP) is 1.56. The van der Waals surface area contributed by atoms with Crippen molar-refractivity contribution in [1.82, 2.24) is 9.80 Å². The molecule has 1 aliphatic rings. The van der Waals surface area contributed by atoms with Gasteiger partial charge in [0.15, 0.2) is 0 Å². The Morgan fingerprint density at radius 3 is 2.62 bits per heavy atom. The van der Waals surface area contributed by atoms with Crippen LogP contribution in [0.2, 0.25) is 0 Å². The first kappa shape index (κ1) is 17.5. The van der Waals surface area contributed by atoms with Gasteiger partial charge in [0.1, 0.15) is 6.54 Å². The van der Waals surface area contributed by atoms with Crippen LogP contribution in [0.4, 0.5) is 18.0 Å². The molecule has 1 heterocycles. The largest absolute Gasteiger partial charge is 0.481 e. The van der Waals surface area contributed by atoms with Crippen molar-refractivity contribution >= 4 is 12.0 Å². The number of halogens is 3. The van der Waals surface area contributed by atoms with Gasteiger partial charge in [-0.05, 0) is 6.42 Å². The summed E-state index contributed by atoms with van der Waals surface area (Å²) in [6, 6.07) is -0.729. The van der Waals surface area contributed by atoms with Crippen molar-refractivity contribution in [3.8, 4) is 0 Å². The third-order valence-corrected chi connectivity index (χ3v) is 2.95. The van der Waals surface area contributed by atoms with Gasteiger partial charge in [-0.1, -0.05) is 6.92 Å². The molecule has 0 bridgehead atoms. The number of aliphatic carboxylic acids is 1. The monoisotopic (exact) mass is 312 g/mol. The van der Waals surface area contributed by atoms with Crippen LogP contribution in [-0.4, -0.2) is 72.0 Å². The minimum absolute atomic E-state index is 0.000697. The van der Waals surface area contributed by atoms with Crippen LogP contribution in [0, 0.1) is 0 Å². The van der Waals surface area contributed by atoms with Gasteiger partial charge in [-0.2, -0.15) is 13.2 Å². The Hall–Kier alpha value is -1.51. The van der Waals surface area contributed by atoms with E-state index < -0.39 is 30.8 Å². The van der Waals surface area contributed by atoms with Crippen molar-refractivity contribution in [2.24, 2.45) is 0 Å². The third kappa shape index (κ3) is 6.19. The van der Waals surface area contributed by atoms with Crippen molar-refractivity contribution < 1.29 is 32.6 Å². The van der Waals surface area contributed by atoms with Gasteiger partial charge < -0.3 is 19.6 Å². The number of hydrogen-bond acceptors (Lipinski definition) is 3. The molecule has 1 saturated heterocycles. The molecular weight excluding hydrogens is 293 g/mol. The fourth-order valence-electron chi connectivity index (χ4n) is 2.14. The minimum Gasteiger partial charge on any atom is -0.481 e. The number of nitrogens with zero attached hydrogens (tertiary/aromatic N) is 2. The maximum atomic E-state index is 12.5. The maximum Gasteiger partial charge on any atom is 0.406 e. The Kier molecular flexibility index (Phi) is 6.25. The van der Waals surface area contributed by atoms with Crippen molar-refractivity contribution in [2.45, 2.75) is 32.0 Å². The summed E-state index contributed by atoms with van der Waals surface area (Å²) < 4.78 is 42.7. The number of carboxylic acid groups (broad SMARTS) is 1. The lowest BCUT2D eigenvalue weighted by molar-refractivity contribution is -0.143. The number of amides is 2. The number of carbonyl (C=O) groups is 2. The Labute approximate surface area is 120 Å². The summed E-state index contributed by atoms with van der Waals surface area (Å²) in [5, 5.41) is 8.69. The molecule has 122 valence electrons. The van der Waals surface area contributed by atoms with Gasteiger partial charge in [-0.3, -0.25) is 4.79 Å². The molecule has 1 fully saturated rings. The zero-order chi connectivity index (χ0) is 16.0. The average Bonchev–Trinajstić information content (AvgIpc) is 2.35. The fourth-order valence-corrected chi connectivity index (χ4v) is 2.14. The first-order chi connectivity index (χ1) is 9.73. The van der Waals surface area contributed by atoms with Gasteiger partial charge in [0.2, 0.25) is 0 Å². The second-order valence-corrected chi connectivity index (χ2v) is 4.86. The number of ether oxygens (including phenoxy) is 1. The van der Waals surface area contributed by atoms with Gasteiger partial charge in [0.05, 0.1) is 19.1 Å². The first-order valence-electron chi connectivity index (χ1n) is 6.67. The Bertz CT molecular complexity index is 376. The molecule has 1 aliphatic heterocycles. The van der Waals surface area contributed by atoms with Crippen molar-refractivity contribution in [3.63, 3.8) is 0 Å². The van der Waals surface area contributed by atoms with Crippen molar-refractivity contribution in [3.05, 3.63) is 0 Å². The van der Waals surface area contributed by atoms with Crippen LogP contribution < -0.4 is 0 Å². The molecule has 1 rings (SSSR count). The number of carboxylic acids is 1. The summed E-state index contributed by atoms with van der Waals surface area (Å²) in [7, 11) is 0. The van der Waals surface area contributed by atoms with Crippen LogP contribution in [0.1, 0.15) is 19.8 Å². The number of rotatable bonds is 5. The summed E-state index contributed by atoms with van der Waals surface area (Å²) in [5.74, 6) is -1.07. The lowest BCUT2D eigenvalue weighted by Gasteiger charge is -2.36. The van der Waals surface area contributed by atoms with Crippen molar-refractivity contribution in [1.29, 1.82) is 0 Å². The topological polar surface area (TPSA) is 70.1 Å². The maximum absolute atomic E-state index is 12.5. The quantitative estimate of drug-likeness (QED) is 0.836. The molecule has 21 heavy (non-hydrogen) atoms. The molecule has 0 aromatic heterocycles. The highest BCUT2D eigenvalue weighted by Crippen LogP contribution is 2.19. The highest BCUT2D eigenvalue weighted by atomic mass is 19.4. The predicted molar refractivity (Wildman–Crippen MR) is 66.9 cm³/mol. The molecule has 0 aromatic carbocycles. The zero-order valence-corrected chi connectivity index (χ0v) is 11.7. The van der Waals surface area contributed by atoms with Crippen LogP contribution in [0.5, 0.6) is 0 Å². The Balaban J connectivity index is 2.66. The molecule has 1 atom stereocenters. The van der Waals surface area contributed by atoms with E-state index in [1.165, 1.54) is 4.90 Å². The second kappa shape index (κ2) is 7.48. The molecule has 0 aliphatic carbocycles. The van der Waals surface area contributed by atoms with Crippen LogP contribution in [0.3, 0.4) is 0 Å². The molecule has 1 N–H and O–H groups in total. The summed E-state index contributed by atoms with van der Waals surface area (Å²) in [6.07, 6.45) is -5.02. The Morgan fingerprint density at radius 2 is 2.10 bits per heavy atom. The number of hydrogen-bond donors (Lipinski definition) is 1. The van der Waals surface area contributed by atoms with Gasteiger partial charge in [-0.15, -0.1) is 0 Å². The summed E-state index contributed by atoms with van der Waals surface area (Å²) in [5.41, 5.74) is 0. The number of urea groups is 1. The van der Waals surface area contributed by atoms with Gasteiger partial charge >= 0.3 is 18.2 Å². The molecule has 0 aromatic rings. The van der Waals surface area contributed by atoms with E-state index in [2.05, 4.69) is 0 Å². The van der Waals surface area contributed by atoms with E-state index in [9.17, 15) is 22.8 Å². The van der Waals surface area contributed by atoms with E-state index in [0.717, 1.165) is 4.90 Å². The Morgan fingerprint density at radius 1 is 1.43 bits per heavy atom. The molecule has 2 amide bonds. The zero-order valence-electron chi connectivity index (χ0n) is 11.7. The number of alkyl halides is 3. The van der Waals surface area contributed by atoms with Crippen LogP contribution >= 0.6 is 0 Å². The van der Waals surface area contributed by atoms with Crippen molar-refractivity contribution in [2.75, 3.05) is 32.8 Å². The van der Waals surface area contributed by atoms with Crippen LogP contribution in [0.15, 0.2) is 0 Å². The molecule has 6 nitrogen and oxygen atoms in total. The van der Waals surface area contributed by atoms with E-state index >= 15 is 0 Å². The lowest BCUT2D eigenvalue weighted by Crippen LogP contribution is -2.53. The number of morpholine rings is 1. The van der Waals surface area contributed by atoms with Gasteiger partial charge in [0.25, 0.3) is 0 Å².